The maximum Gasteiger partial charge on any atom is 0.323 e. The Balaban J connectivity index is 1.56. The number of imidazole rings is 1. The van der Waals surface area contributed by atoms with Gasteiger partial charge in [0.1, 0.15) is 0 Å². The molecule has 0 radical (unpaired) electrons. The molecular weight excluding hydrogens is 350 g/mol. The van der Waals surface area contributed by atoms with E-state index in [0.29, 0.717) is 5.78 Å². The van der Waals surface area contributed by atoms with Gasteiger partial charge in [-0.05, 0) is 61.7 Å². The van der Waals surface area contributed by atoms with Gasteiger partial charge in [-0.3, -0.25) is 4.40 Å². The van der Waals surface area contributed by atoms with Gasteiger partial charge < -0.3 is 10.6 Å². The summed E-state index contributed by atoms with van der Waals surface area (Å²) in [5.74, 6) is 0.639. The molecule has 140 valence electrons. The summed E-state index contributed by atoms with van der Waals surface area (Å²) >= 11 is 0. The van der Waals surface area contributed by atoms with Gasteiger partial charge in [-0.15, -0.1) is 0 Å². The molecule has 6 heteroatoms. The van der Waals surface area contributed by atoms with Crippen molar-refractivity contribution in [2.24, 2.45) is 0 Å². The van der Waals surface area contributed by atoms with Crippen LogP contribution in [0.3, 0.4) is 0 Å². The molecule has 0 atom stereocenters. The van der Waals surface area contributed by atoms with E-state index < -0.39 is 0 Å². The number of benzene rings is 2. The van der Waals surface area contributed by atoms with Gasteiger partial charge >= 0.3 is 6.03 Å². The zero-order valence-corrected chi connectivity index (χ0v) is 16.0. The van der Waals surface area contributed by atoms with Crippen molar-refractivity contribution >= 4 is 23.2 Å². The molecule has 0 unspecified atom stereocenters. The number of fused-ring (bicyclic) bond motifs is 1. The molecule has 0 aliphatic carbocycles. The average molecular weight is 371 g/mol. The second-order valence-corrected chi connectivity index (χ2v) is 6.86. The fourth-order valence-corrected chi connectivity index (χ4v) is 2.99. The Labute approximate surface area is 163 Å². The highest BCUT2D eigenvalue weighted by Gasteiger charge is 2.10. The van der Waals surface area contributed by atoms with E-state index in [2.05, 4.69) is 20.6 Å². The Bertz CT molecular complexity index is 1150. The maximum absolute atomic E-state index is 12.5. The zero-order valence-electron chi connectivity index (χ0n) is 16.0. The highest BCUT2D eigenvalue weighted by atomic mass is 16.2. The van der Waals surface area contributed by atoms with E-state index >= 15 is 0 Å². The first-order valence-corrected chi connectivity index (χ1v) is 9.05. The number of hydrogen-bond donors (Lipinski definition) is 2. The molecule has 0 bridgehead atoms. The van der Waals surface area contributed by atoms with Gasteiger partial charge in [-0.25, -0.2) is 14.8 Å². The summed E-state index contributed by atoms with van der Waals surface area (Å²) in [5, 5.41) is 5.82. The lowest BCUT2D eigenvalue weighted by atomic mass is 10.1. The van der Waals surface area contributed by atoms with Gasteiger partial charge in [-0.2, -0.15) is 0 Å². The summed E-state index contributed by atoms with van der Waals surface area (Å²) in [7, 11) is 0. The third-order valence-corrected chi connectivity index (χ3v) is 4.78. The van der Waals surface area contributed by atoms with Crippen LogP contribution in [0.1, 0.15) is 16.7 Å². The summed E-state index contributed by atoms with van der Waals surface area (Å²) in [5.41, 5.74) is 6.52. The molecule has 2 aromatic heterocycles. The fourth-order valence-electron chi connectivity index (χ4n) is 2.99. The van der Waals surface area contributed by atoms with Crippen LogP contribution in [0.4, 0.5) is 16.2 Å². The first-order chi connectivity index (χ1) is 13.5. The molecule has 0 saturated carbocycles. The summed E-state index contributed by atoms with van der Waals surface area (Å²) in [6.45, 7) is 6.03. The molecule has 0 aliphatic rings. The molecule has 2 N–H and O–H groups in total. The lowest BCUT2D eigenvalue weighted by Gasteiger charge is -2.12. The predicted molar refractivity (Wildman–Crippen MR) is 112 cm³/mol. The van der Waals surface area contributed by atoms with E-state index in [1.165, 1.54) is 5.56 Å². The minimum absolute atomic E-state index is 0.278. The standard InChI is InChI=1S/C22H21N5O/c1-14-6-8-18(11-16(14)3)24-22(28)26-19-12-17(7-5-15(19)2)20-13-27-10-4-9-23-21(27)25-20/h4-13H,1-3H3,(H2,24,26,28). The molecule has 0 aliphatic heterocycles. The predicted octanol–water partition coefficient (Wildman–Crippen LogP) is 4.97. The number of rotatable bonds is 3. The Kier molecular flexibility index (Phi) is 4.53. The summed E-state index contributed by atoms with van der Waals surface area (Å²) in [6, 6.07) is 13.3. The minimum Gasteiger partial charge on any atom is -0.308 e. The minimum atomic E-state index is -0.278. The van der Waals surface area contributed by atoms with Crippen molar-refractivity contribution in [1.82, 2.24) is 14.4 Å². The van der Waals surface area contributed by atoms with E-state index in [-0.39, 0.29) is 6.03 Å². The quantitative estimate of drug-likeness (QED) is 0.534. The monoisotopic (exact) mass is 371 g/mol. The van der Waals surface area contributed by atoms with Gasteiger partial charge in [0.25, 0.3) is 0 Å². The van der Waals surface area contributed by atoms with Crippen LogP contribution in [0.25, 0.3) is 17.0 Å². The molecule has 4 rings (SSSR count). The topological polar surface area (TPSA) is 71.3 Å². The number of aromatic nitrogens is 3. The Morgan fingerprint density at radius 1 is 0.964 bits per heavy atom. The van der Waals surface area contributed by atoms with Gasteiger partial charge in [0.05, 0.1) is 5.69 Å². The van der Waals surface area contributed by atoms with Gasteiger partial charge in [-0.1, -0.05) is 18.2 Å². The normalized spacial score (nSPS) is 10.8. The second-order valence-electron chi connectivity index (χ2n) is 6.86. The third-order valence-electron chi connectivity index (χ3n) is 4.78. The Morgan fingerprint density at radius 3 is 2.57 bits per heavy atom. The van der Waals surface area contributed by atoms with Crippen molar-refractivity contribution in [2.75, 3.05) is 10.6 Å². The van der Waals surface area contributed by atoms with E-state index in [0.717, 1.165) is 33.8 Å². The second kappa shape index (κ2) is 7.15. The van der Waals surface area contributed by atoms with E-state index in [1.807, 2.05) is 80.0 Å². The number of amides is 2. The van der Waals surface area contributed by atoms with Crippen molar-refractivity contribution in [3.63, 3.8) is 0 Å². The van der Waals surface area contributed by atoms with Crippen molar-refractivity contribution < 1.29 is 4.79 Å². The number of aryl methyl sites for hydroxylation is 3. The number of hydrogen-bond acceptors (Lipinski definition) is 3. The fraction of sp³-hybridized carbons (Fsp3) is 0.136. The number of nitrogens with one attached hydrogen (secondary N) is 2. The maximum atomic E-state index is 12.5. The van der Waals surface area contributed by atoms with Crippen molar-refractivity contribution in [3.05, 3.63) is 77.7 Å². The number of carbonyl (C=O) groups excluding carboxylic acids is 1. The van der Waals surface area contributed by atoms with Crippen LogP contribution >= 0.6 is 0 Å². The molecule has 6 nitrogen and oxygen atoms in total. The molecule has 2 heterocycles. The Morgan fingerprint density at radius 2 is 1.79 bits per heavy atom. The van der Waals surface area contributed by atoms with Crippen LogP contribution in [-0.4, -0.2) is 20.4 Å². The van der Waals surface area contributed by atoms with Gasteiger partial charge in [0, 0.05) is 35.5 Å². The third kappa shape index (κ3) is 3.57. The van der Waals surface area contributed by atoms with E-state index in [1.54, 1.807) is 6.20 Å². The number of urea groups is 1. The summed E-state index contributed by atoms with van der Waals surface area (Å²) < 4.78 is 1.87. The zero-order chi connectivity index (χ0) is 19.7. The largest absolute Gasteiger partial charge is 0.323 e. The highest BCUT2D eigenvalue weighted by molar-refractivity contribution is 6.00. The number of carbonyl (C=O) groups is 1. The number of nitrogens with zero attached hydrogens (tertiary/aromatic N) is 3. The number of anilines is 2. The SMILES string of the molecule is Cc1ccc(NC(=O)Nc2cc(-c3cn4cccnc4n3)ccc2C)cc1C. The highest BCUT2D eigenvalue weighted by Crippen LogP contribution is 2.25. The average Bonchev–Trinajstić information content (AvgIpc) is 3.10. The molecule has 2 aromatic carbocycles. The molecular formula is C22H21N5O. The van der Waals surface area contributed by atoms with Crippen LogP contribution in [0.2, 0.25) is 0 Å². The van der Waals surface area contributed by atoms with Crippen LogP contribution in [0.15, 0.2) is 61.1 Å². The molecule has 0 spiro atoms. The Hall–Kier alpha value is -3.67. The van der Waals surface area contributed by atoms with Crippen molar-refractivity contribution in [1.29, 1.82) is 0 Å². The summed E-state index contributed by atoms with van der Waals surface area (Å²) in [4.78, 5) is 21.3. The first-order valence-electron chi connectivity index (χ1n) is 9.05. The lowest BCUT2D eigenvalue weighted by molar-refractivity contribution is 0.262. The first kappa shape index (κ1) is 17.7. The molecule has 0 saturated heterocycles. The van der Waals surface area contributed by atoms with Crippen LogP contribution in [0, 0.1) is 20.8 Å². The summed E-state index contributed by atoms with van der Waals surface area (Å²) in [6.07, 6.45) is 5.54. The van der Waals surface area contributed by atoms with Crippen LogP contribution in [-0.2, 0) is 0 Å². The molecule has 2 amide bonds. The molecule has 0 fully saturated rings. The van der Waals surface area contributed by atoms with Gasteiger partial charge in [0.15, 0.2) is 0 Å². The van der Waals surface area contributed by atoms with Crippen LogP contribution in [0.5, 0.6) is 0 Å². The van der Waals surface area contributed by atoms with E-state index in [4.69, 9.17) is 0 Å². The van der Waals surface area contributed by atoms with Crippen LogP contribution < -0.4 is 10.6 Å². The van der Waals surface area contributed by atoms with Crippen molar-refractivity contribution in [3.8, 4) is 11.3 Å². The lowest BCUT2D eigenvalue weighted by Crippen LogP contribution is -2.20. The molecule has 4 aromatic rings. The smallest absolute Gasteiger partial charge is 0.308 e. The van der Waals surface area contributed by atoms with Crippen molar-refractivity contribution in [2.45, 2.75) is 20.8 Å². The molecule has 28 heavy (non-hydrogen) atoms. The van der Waals surface area contributed by atoms with Gasteiger partial charge in [0.2, 0.25) is 5.78 Å². The van der Waals surface area contributed by atoms with E-state index in [9.17, 15) is 4.79 Å².